The van der Waals surface area contributed by atoms with Crippen LogP contribution in [0.2, 0.25) is 0 Å². The largest absolute Gasteiger partial charge is 0.472 e. The van der Waals surface area contributed by atoms with Crippen molar-refractivity contribution in [2.24, 2.45) is 0 Å². The minimum atomic E-state index is -4.60. The highest BCUT2D eigenvalue weighted by atomic mass is 31.2. The van der Waals surface area contributed by atoms with Crippen molar-refractivity contribution < 1.29 is 47.8 Å². The van der Waals surface area contributed by atoms with Gasteiger partial charge in [-0.05, 0) is 32.1 Å². The molecule has 3 atom stereocenters. The maximum atomic E-state index is 12.5. The van der Waals surface area contributed by atoms with Gasteiger partial charge >= 0.3 is 19.8 Å². The maximum absolute atomic E-state index is 12.5. The van der Waals surface area contributed by atoms with Crippen LogP contribution in [0.4, 0.5) is 0 Å². The number of phosphoric acid groups is 1. The molecule has 0 aromatic rings. The smallest absolute Gasteiger partial charge is 0.462 e. The van der Waals surface area contributed by atoms with E-state index in [2.05, 4.69) is 30.5 Å². The second-order valence-corrected chi connectivity index (χ2v) is 13.4. The number of allylic oxidation sites excluding steroid dienone is 2. The highest BCUT2D eigenvalue weighted by molar-refractivity contribution is 7.47. The van der Waals surface area contributed by atoms with Crippen molar-refractivity contribution in [2.75, 3.05) is 26.4 Å². The van der Waals surface area contributed by atoms with Gasteiger partial charge in [-0.3, -0.25) is 18.6 Å². The first-order valence-electron chi connectivity index (χ1n) is 17.6. The lowest BCUT2D eigenvalue weighted by atomic mass is 10.1. The lowest BCUT2D eigenvalue weighted by molar-refractivity contribution is -0.161. The zero-order valence-electron chi connectivity index (χ0n) is 28.3. The summed E-state index contributed by atoms with van der Waals surface area (Å²) in [6.45, 7) is 2.30. The molecule has 0 aliphatic rings. The molecule has 0 aromatic heterocycles. The van der Waals surface area contributed by atoms with Gasteiger partial charge in [0.05, 0.1) is 19.8 Å². The minimum Gasteiger partial charge on any atom is -0.462 e. The molecular formula is C34H65O10P. The summed E-state index contributed by atoms with van der Waals surface area (Å²) in [6, 6.07) is 0. The molecule has 0 heterocycles. The first-order valence-corrected chi connectivity index (χ1v) is 19.1. The molecule has 0 bridgehead atoms. The molecule has 11 heteroatoms. The molecule has 45 heavy (non-hydrogen) atoms. The van der Waals surface area contributed by atoms with Crippen molar-refractivity contribution in [1.82, 2.24) is 0 Å². The molecule has 0 aromatic carbocycles. The Balaban J connectivity index is 4.42. The Kier molecular flexibility index (Phi) is 30.4. The van der Waals surface area contributed by atoms with Gasteiger partial charge in [-0.15, -0.1) is 0 Å². The van der Waals surface area contributed by atoms with Crippen LogP contribution in [0.15, 0.2) is 12.2 Å². The van der Waals surface area contributed by atoms with Crippen LogP contribution < -0.4 is 0 Å². The number of ether oxygens (including phenoxy) is 2. The van der Waals surface area contributed by atoms with Crippen LogP contribution in [0, 0.1) is 0 Å². The van der Waals surface area contributed by atoms with E-state index in [0.717, 1.165) is 57.8 Å². The molecule has 0 saturated heterocycles. The Labute approximate surface area is 273 Å². The summed E-state index contributed by atoms with van der Waals surface area (Å²) in [4.78, 5) is 34.6. The van der Waals surface area contributed by atoms with Crippen LogP contribution in [-0.2, 0) is 32.7 Å². The van der Waals surface area contributed by atoms with Gasteiger partial charge < -0.3 is 24.6 Å². The molecule has 10 nitrogen and oxygen atoms in total. The normalized spacial score (nSPS) is 14.3. The molecule has 0 aliphatic heterocycles. The van der Waals surface area contributed by atoms with Gasteiger partial charge in [0.25, 0.3) is 0 Å². The fourth-order valence-corrected chi connectivity index (χ4v) is 5.41. The van der Waals surface area contributed by atoms with E-state index in [9.17, 15) is 24.2 Å². The first kappa shape index (κ1) is 43.7. The number of rotatable bonds is 33. The van der Waals surface area contributed by atoms with Gasteiger partial charge in [0.2, 0.25) is 0 Å². The summed E-state index contributed by atoms with van der Waals surface area (Å²) in [5.41, 5.74) is 0. The van der Waals surface area contributed by atoms with Gasteiger partial charge in [0.15, 0.2) is 6.10 Å². The summed E-state index contributed by atoms with van der Waals surface area (Å²) in [6.07, 6.45) is 24.7. The van der Waals surface area contributed by atoms with Gasteiger partial charge in [-0.2, -0.15) is 0 Å². The quantitative estimate of drug-likeness (QED) is 0.0272. The SMILES string of the molecule is CCCC/C=C/CCCCCCCC(=O)O[C@H](COC(=O)CCCCCCCCCCCCC)COP(=O)(O)OC[C@@H](O)CO. The zero-order chi connectivity index (χ0) is 33.4. The van der Waals surface area contributed by atoms with Crippen molar-refractivity contribution >= 4 is 19.8 Å². The molecule has 0 radical (unpaired) electrons. The Hall–Kier alpha value is -1.29. The summed E-state index contributed by atoms with van der Waals surface area (Å²) in [5, 5.41) is 18.2. The van der Waals surface area contributed by atoms with E-state index < -0.39 is 51.8 Å². The summed E-state index contributed by atoms with van der Waals surface area (Å²) >= 11 is 0. The van der Waals surface area contributed by atoms with Crippen LogP contribution in [0.25, 0.3) is 0 Å². The van der Waals surface area contributed by atoms with E-state index in [1.165, 1.54) is 57.8 Å². The number of hydrogen-bond donors (Lipinski definition) is 3. The van der Waals surface area contributed by atoms with Crippen molar-refractivity contribution in [3.05, 3.63) is 12.2 Å². The van der Waals surface area contributed by atoms with E-state index >= 15 is 0 Å². The molecule has 3 N–H and O–H groups in total. The third kappa shape index (κ3) is 31.1. The summed E-state index contributed by atoms with van der Waals surface area (Å²) in [7, 11) is -4.60. The zero-order valence-corrected chi connectivity index (χ0v) is 29.2. The fourth-order valence-electron chi connectivity index (χ4n) is 4.62. The second-order valence-electron chi connectivity index (χ2n) is 11.9. The van der Waals surface area contributed by atoms with Crippen molar-refractivity contribution in [1.29, 1.82) is 0 Å². The van der Waals surface area contributed by atoms with Crippen LogP contribution in [0.1, 0.15) is 155 Å². The molecule has 0 amide bonds. The Morgan fingerprint density at radius 2 is 1.11 bits per heavy atom. The van der Waals surface area contributed by atoms with Gasteiger partial charge in [-0.25, -0.2) is 4.57 Å². The fraction of sp³-hybridized carbons (Fsp3) is 0.882. The van der Waals surface area contributed by atoms with E-state index in [4.69, 9.17) is 19.1 Å². The number of unbranched alkanes of at least 4 members (excludes halogenated alkanes) is 17. The van der Waals surface area contributed by atoms with Gasteiger partial charge in [-0.1, -0.05) is 122 Å². The lowest BCUT2D eigenvalue weighted by Crippen LogP contribution is -2.29. The Morgan fingerprint density at radius 1 is 0.644 bits per heavy atom. The third-order valence-electron chi connectivity index (χ3n) is 7.42. The predicted octanol–water partition coefficient (Wildman–Crippen LogP) is 8.11. The monoisotopic (exact) mass is 664 g/mol. The predicted molar refractivity (Wildman–Crippen MR) is 178 cm³/mol. The van der Waals surface area contributed by atoms with Crippen molar-refractivity contribution in [3.63, 3.8) is 0 Å². The Bertz CT molecular complexity index is 776. The maximum Gasteiger partial charge on any atom is 0.472 e. The summed E-state index contributed by atoms with van der Waals surface area (Å²) < 4.78 is 32.4. The highest BCUT2D eigenvalue weighted by Gasteiger charge is 2.27. The summed E-state index contributed by atoms with van der Waals surface area (Å²) in [5.74, 6) is -0.935. The number of esters is 2. The van der Waals surface area contributed by atoms with Gasteiger partial charge in [0, 0.05) is 12.8 Å². The number of phosphoric ester groups is 1. The molecule has 266 valence electrons. The van der Waals surface area contributed by atoms with Crippen LogP contribution >= 0.6 is 7.82 Å². The Morgan fingerprint density at radius 3 is 1.67 bits per heavy atom. The standard InChI is InChI=1S/C34H65O10P/c1-3-5-7-9-11-13-15-17-19-21-23-25-33(37)41-29-32(30-43-45(39,40)42-28-31(36)27-35)44-34(38)26-24-22-20-18-16-14-12-10-8-6-4-2/h10,12,31-32,35-36H,3-9,11,13-30H2,1-2H3,(H,39,40)/b12-10+/t31-,32+/m0/s1. The van der Waals surface area contributed by atoms with Crippen molar-refractivity contribution in [3.8, 4) is 0 Å². The molecule has 0 rings (SSSR count). The molecule has 0 saturated carbocycles. The first-order chi connectivity index (χ1) is 21.7. The second kappa shape index (κ2) is 31.3. The van der Waals surface area contributed by atoms with E-state index in [-0.39, 0.29) is 19.4 Å². The van der Waals surface area contributed by atoms with E-state index in [1.54, 1.807) is 0 Å². The third-order valence-corrected chi connectivity index (χ3v) is 8.37. The number of aliphatic hydroxyl groups excluding tert-OH is 2. The molecule has 0 spiro atoms. The van der Waals surface area contributed by atoms with Gasteiger partial charge in [0.1, 0.15) is 12.7 Å². The number of aliphatic hydroxyl groups is 2. The van der Waals surface area contributed by atoms with Crippen LogP contribution in [0.5, 0.6) is 0 Å². The van der Waals surface area contributed by atoms with Crippen LogP contribution in [-0.4, -0.2) is 65.7 Å². The van der Waals surface area contributed by atoms with E-state index in [0.29, 0.717) is 12.8 Å². The molecule has 0 aliphatic carbocycles. The highest BCUT2D eigenvalue weighted by Crippen LogP contribution is 2.43. The number of hydrogen-bond acceptors (Lipinski definition) is 9. The minimum absolute atomic E-state index is 0.177. The topological polar surface area (TPSA) is 149 Å². The molecule has 1 unspecified atom stereocenters. The lowest BCUT2D eigenvalue weighted by Gasteiger charge is -2.20. The molecule has 0 fully saturated rings. The van der Waals surface area contributed by atoms with Crippen LogP contribution in [0.3, 0.4) is 0 Å². The average Bonchev–Trinajstić information content (AvgIpc) is 3.02. The average molecular weight is 665 g/mol. The number of carbonyl (C=O) groups excluding carboxylic acids is 2. The van der Waals surface area contributed by atoms with Crippen molar-refractivity contribution in [2.45, 2.75) is 167 Å². The molecular weight excluding hydrogens is 599 g/mol. The van der Waals surface area contributed by atoms with E-state index in [1.807, 2.05) is 0 Å². The number of carbonyl (C=O) groups is 2.